The van der Waals surface area contributed by atoms with Crippen LogP contribution in [0.1, 0.15) is 18.5 Å². The fraction of sp³-hybridized carbons (Fsp3) is 0.235. The molecule has 6 nitrogen and oxygen atoms in total. The number of carbonyl (C=O) groups excluding carboxylic acids is 1. The maximum absolute atomic E-state index is 12.4. The third kappa shape index (κ3) is 4.94. The van der Waals surface area contributed by atoms with Crippen molar-refractivity contribution in [3.8, 4) is 5.75 Å². The van der Waals surface area contributed by atoms with E-state index in [1.54, 1.807) is 25.1 Å². The molecule has 2 N–H and O–H groups in total. The minimum absolute atomic E-state index is 0.0632. The Hall–Kier alpha value is -2.09. The van der Waals surface area contributed by atoms with Gasteiger partial charge in [0.2, 0.25) is 15.9 Å². The van der Waals surface area contributed by atoms with Gasteiger partial charge in [0, 0.05) is 12.1 Å². The maximum atomic E-state index is 12.4. The molecular formula is C17H19ClN2O4S. The standard InChI is InChI=1S/C17H19ClN2O4S/c1-12(13-4-3-5-15(21)10-13)19-17(22)11-20(2)25(23,24)16-8-6-14(18)7-9-16/h3-10,12,21H,11H2,1-2H3,(H,19,22)/t12-/m1/s1. The van der Waals surface area contributed by atoms with Crippen molar-refractivity contribution in [2.75, 3.05) is 13.6 Å². The zero-order chi connectivity index (χ0) is 18.6. The third-order valence-electron chi connectivity index (χ3n) is 3.64. The molecule has 0 saturated heterocycles. The summed E-state index contributed by atoms with van der Waals surface area (Å²) in [7, 11) is -2.45. The van der Waals surface area contributed by atoms with Gasteiger partial charge in [-0.25, -0.2) is 8.42 Å². The summed E-state index contributed by atoms with van der Waals surface area (Å²) in [6.07, 6.45) is 0. The molecule has 0 bridgehead atoms. The van der Waals surface area contributed by atoms with Crippen molar-refractivity contribution in [2.45, 2.75) is 17.9 Å². The Morgan fingerprint density at radius 3 is 2.48 bits per heavy atom. The highest BCUT2D eigenvalue weighted by Crippen LogP contribution is 2.19. The first-order valence-corrected chi connectivity index (χ1v) is 9.32. The first-order chi connectivity index (χ1) is 11.7. The molecule has 1 atom stereocenters. The summed E-state index contributed by atoms with van der Waals surface area (Å²) in [5.41, 5.74) is 0.719. The predicted octanol–water partition coefficient (Wildman–Crippen LogP) is 2.54. The van der Waals surface area contributed by atoms with Crippen LogP contribution in [-0.4, -0.2) is 37.3 Å². The number of nitrogens with one attached hydrogen (secondary N) is 1. The van der Waals surface area contributed by atoms with Crippen LogP contribution in [0.4, 0.5) is 0 Å². The number of benzene rings is 2. The van der Waals surface area contributed by atoms with E-state index in [9.17, 15) is 18.3 Å². The van der Waals surface area contributed by atoms with Crippen LogP contribution in [0.15, 0.2) is 53.4 Å². The zero-order valence-electron chi connectivity index (χ0n) is 13.8. The van der Waals surface area contributed by atoms with Crippen molar-refractivity contribution in [1.82, 2.24) is 9.62 Å². The number of likely N-dealkylation sites (N-methyl/N-ethyl adjacent to an activating group) is 1. The summed E-state index contributed by atoms with van der Waals surface area (Å²) in [4.78, 5) is 12.2. The van der Waals surface area contributed by atoms with E-state index in [1.807, 2.05) is 0 Å². The van der Waals surface area contributed by atoms with E-state index in [2.05, 4.69) is 5.32 Å². The van der Waals surface area contributed by atoms with Gasteiger partial charge < -0.3 is 10.4 Å². The van der Waals surface area contributed by atoms with E-state index >= 15 is 0 Å². The van der Waals surface area contributed by atoms with E-state index in [0.717, 1.165) is 9.87 Å². The highest BCUT2D eigenvalue weighted by atomic mass is 35.5. The first kappa shape index (κ1) is 19.2. The van der Waals surface area contributed by atoms with Crippen LogP contribution >= 0.6 is 11.6 Å². The molecule has 0 aromatic heterocycles. The lowest BCUT2D eigenvalue weighted by atomic mass is 10.1. The Balaban J connectivity index is 2.03. The smallest absolute Gasteiger partial charge is 0.243 e. The molecule has 0 aliphatic rings. The predicted molar refractivity (Wildman–Crippen MR) is 95.9 cm³/mol. The number of sulfonamides is 1. The molecule has 0 aliphatic heterocycles. The number of phenolic OH excluding ortho intramolecular Hbond substituents is 1. The lowest BCUT2D eigenvalue weighted by Crippen LogP contribution is -2.39. The molecule has 1 amide bonds. The Bertz CT molecular complexity index is 853. The molecule has 0 aliphatic carbocycles. The summed E-state index contributed by atoms with van der Waals surface area (Å²) in [5, 5.41) is 12.6. The lowest BCUT2D eigenvalue weighted by molar-refractivity contribution is -0.121. The van der Waals surface area contributed by atoms with Gasteiger partial charge >= 0.3 is 0 Å². The van der Waals surface area contributed by atoms with Gasteiger partial charge in [-0.2, -0.15) is 4.31 Å². The van der Waals surface area contributed by atoms with Crippen LogP contribution in [-0.2, 0) is 14.8 Å². The number of hydrogen-bond acceptors (Lipinski definition) is 4. The van der Waals surface area contributed by atoms with Crippen molar-refractivity contribution in [3.63, 3.8) is 0 Å². The highest BCUT2D eigenvalue weighted by molar-refractivity contribution is 7.89. The van der Waals surface area contributed by atoms with Gasteiger partial charge in [-0.15, -0.1) is 0 Å². The van der Waals surface area contributed by atoms with Crippen LogP contribution in [0.5, 0.6) is 5.75 Å². The minimum atomic E-state index is -3.78. The number of amides is 1. The minimum Gasteiger partial charge on any atom is -0.508 e. The van der Waals surface area contributed by atoms with Gasteiger partial charge in [0.15, 0.2) is 0 Å². The number of hydrogen-bond donors (Lipinski definition) is 2. The summed E-state index contributed by atoms with van der Waals surface area (Å²) in [5.74, 6) is -0.350. The summed E-state index contributed by atoms with van der Waals surface area (Å²) in [6, 6.07) is 11.9. The normalized spacial score (nSPS) is 12.8. The second-order valence-corrected chi connectivity index (χ2v) is 8.08. The molecule has 25 heavy (non-hydrogen) atoms. The van der Waals surface area contributed by atoms with E-state index in [0.29, 0.717) is 5.02 Å². The SMILES string of the molecule is C[C@@H](NC(=O)CN(C)S(=O)(=O)c1ccc(Cl)cc1)c1cccc(O)c1. The Morgan fingerprint density at radius 1 is 1.24 bits per heavy atom. The number of carbonyl (C=O) groups is 1. The molecule has 0 spiro atoms. The Morgan fingerprint density at radius 2 is 1.88 bits per heavy atom. The average Bonchev–Trinajstić information content (AvgIpc) is 2.55. The molecule has 0 heterocycles. The summed E-state index contributed by atoms with van der Waals surface area (Å²) >= 11 is 5.76. The van der Waals surface area contributed by atoms with Crippen molar-refractivity contribution >= 4 is 27.5 Å². The molecule has 134 valence electrons. The van der Waals surface area contributed by atoms with Crippen molar-refractivity contribution in [2.24, 2.45) is 0 Å². The Labute approximate surface area is 152 Å². The summed E-state index contributed by atoms with van der Waals surface area (Å²) < 4.78 is 25.9. The molecule has 8 heteroatoms. The molecule has 0 unspecified atom stereocenters. The number of phenols is 1. The van der Waals surface area contributed by atoms with Gasteiger partial charge in [-0.3, -0.25) is 4.79 Å². The molecular weight excluding hydrogens is 364 g/mol. The van der Waals surface area contributed by atoms with Gasteiger partial charge in [-0.05, 0) is 48.9 Å². The van der Waals surface area contributed by atoms with Crippen LogP contribution in [0.2, 0.25) is 5.02 Å². The quantitative estimate of drug-likeness (QED) is 0.803. The lowest BCUT2D eigenvalue weighted by Gasteiger charge is -2.19. The average molecular weight is 383 g/mol. The van der Waals surface area contributed by atoms with Gasteiger partial charge in [0.25, 0.3) is 0 Å². The van der Waals surface area contributed by atoms with Crippen molar-refractivity contribution in [3.05, 3.63) is 59.1 Å². The molecule has 0 saturated carbocycles. The zero-order valence-corrected chi connectivity index (χ0v) is 15.4. The monoisotopic (exact) mass is 382 g/mol. The highest BCUT2D eigenvalue weighted by Gasteiger charge is 2.23. The fourth-order valence-corrected chi connectivity index (χ4v) is 3.49. The third-order valence-corrected chi connectivity index (χ3v) is 5.71. The molecule has 2 aromatic rings. The van der Waals surface area contributed by atoms with E-state index in [-0.39, 0.29) is 23.2 Å². The van der Waals surface area contributed by atoms with E-state index in [1.165, 1.54) is 37.4 Å². The van der Waals surface area contributed by atoms with Crippen LogP contribution in [0.3, 0.4) is 0 Å². The molecule has 2 aromatic carbocycles. The topological polar surface area (TPSA) is 86.7 Å². The van der Waals surface area contributed by atoms with Gasteiger partial charge in [0.05, 0.1) is 17.5 Å². The first-order valence-electron chi connectivity index (χ1n) is 7.50. The number of nitrogens with zero attached hydrogens (tertiary/aromatic N) is 1. The molecule has 0 fully saturated rings. The van der Waals surface area contributed by atoms with Gasteiger partial charge in [-0.1, -0.05) is 23.7 Å². The van der Waals surface area contributed by atoms with Crippen LogP contribution < -0.4 is 5.32 Å². The Kier molecular flexibility index (Phi) is 6.05. The largest absolute Gasteiger partial charge is 0.508 e. The van der Waals surface area contributed by atoms with Crippen LogP contribution in [0.25, 0.3) is 0 Å². The molecule has 2 rings (SSSR count). The fourth-order valence-electron chi connectivity index (χ4n) is 2.24. The number of rotatable bonds is 6. The van der Waals surface area contributed by atoms with E-state index < -0.39 is 15.9 Å². The molecule has 0 radical (unpaired) electrons. The number of aromatic hydroxyl groups is 1. The maximum Gasteiger partial charge on any atom is 0.243 e. The van der Waals surface area contributed by atoms with Gasteiger partial charge in [0.1, 0.15) is 5.75 Å². The van der Waals surface area contributed by atoms with E-state index in [4.69, 9.17) is 11.6 Å². The number of halogens is 1. The van der Waals surface area contributed by atoms with Crippen molar-refractivity contribution in [1.29, 1.82) is 0 Å². The second-order valence-electron chi connectivity index (χ2n) is 5.60. The summed E-state index contributed by atoms with van der Waals surface area (Å²) in [6.45, 7) is 1.43. The van der Waals surface area contributed by atoms with Crippen molar-refractivity contribution < 1.29 is 18.3 Å². The van der Waals surface area contributed by atoms with Crippen LogP contribution in [0, 0.1) is 0 Å². The second kappa shape index (κ2) is 7.86.